The van der Waals surface area contributed by atoms with Crippen molar-refractivity contribution in [2.24, 2.45) is 10.9 Å². The van der Waals surface area contributed by atoms with Gasteiger partial charge in [-0.05, 0) is 48.9 Å². The van der Waals surface area contributed by atoms with Gasteiger partial charge in [-0.25, -0.2) is 0 Å². The minimum Gasteiger partial charge on any atom is -0.493 e. The monoisotopic (exact) mass is 420 g/mol. The summed E-state index contributed by atoms with van der Waals surface area (Å²) >= 11 is 0. The first kappa shape index (κ1) is 24.3. The summed E-state index contributed by atoms with van der Waals surface area (Å²) in [5.41, 5.74) is 2.67. The van der Waals surface area contributed by atoms with Gasteiger partial charge in [-0.1, -0.05) is 13.8 Å². The van der Waals surface area contributed by atoms with Crippen molar-refractivity contribution in [3.63, 3.8) is 0 Å². The fourth-order valence-electron chi connectivity index (χ4n) is 3.48. The van der Waals surface area contributed by atoms with Crippen molar-refractivity contribution in [3.8, 4) is 11.5 Å². The Balaban J connectivity index is 1.77. The maximum atomic E-state index is 5.62. The zero-order chi connectivity index (χ0) is 21.8. The number of nitrogens with one attached hydrogen (secondary N) is 2. The molecule has 0 bridgehead atoms. The Hall–Kier alpha value is -1.99. The van der Waals surface area contributed by atoms with E-state index in [0.717, 1.165) is 82.8 Å². The minimum atomic E-state index is 0.581. The summed E-state index contributed by atoms with van der Waals surface area (Å²) in [6.07, 6.45) is 1.97. The van der Waals surface area contributed by atoms with Crippen LogP contribution in [-0.2, 0) is 17.7 Å². The summed E-state index contributed by atoms with van der Waals surface area (Å²) < 4.78 is 16.5. The molecular weight excluding hydrogens is 380 g/mol. The molecule has 1 aliphatic rings. The Morgan fingerprint density at radius 3 is 2.53 bits per heavy atom. The second-order valence-corrected chi connectivity index (χ2v) is 8.01. The maximum Gasteiger partial charge on any atom is 0.191 e. The highest BCUT2D eigenvalue weighted by Gasteiger charge is 2.19. The lowest BCUT2D eigenvalue weighted by molar-refractivity contribution is 0.109. The quantitative estimate of drug-likeness (QED) is 0.308. The first-order valence-corrected chi connectivity index (χ1v) is 11.1. The number of nitrogens with zero attached hydrogens (tertiary/aromatic N) is 2. The number of rotatable bonds is 12. The van der Waals surface area contributed by atoms with E-state index in [1.807, 2.05) is 0 Å². The van der Waals surface area contributed by atoms with E-state index in [2.05, 4.69) is 53.4 Å². The summed E-state index contributed by atoms with van der Waals surface area (Å²) in [4.78, 5) is 7.12. The zero-order valence-electron chi connectivity index (χ0n) is 19.4. The summed E-state index contributed by atoms with van der Waals surface area (Å²) in [6.45, 7) is 13.4. The average Bonchev–Trinajstić information content (AvgIpc) is 2.74. The molecule has 2 rings (SSSR count). The molecule has 1 heterocycles. The van der Waals surface area contributed by atoms with E-state index in [1.165, 1.54) is 11.1 Å². The van der Waals surface area contributed by atoms with Gasteiger partial charge in [0.05, 0.1) is 14.2 Å². The van der Waals surface area contributed by atoms with Crippen LogP contribution in [0.25, 0.3) is 0 Å². The fourth-order valence-corrected chi connectivity index (χ4v) is 3.48. The lowest BCUT2D eigenvalue weighted by Crippen LogP contribution is -2.42. The molecule has 1 aromatic rings. The Bertz CT molecular complexity index is 664. The Labute approximate surface area is 182 Å². The lowest BCUT2D eigenvalue weighted by Gasteiger charge is -2.29. The number of guanidine groups is 1. The van der Waals surface area contributed by atoms with E-state index in [4.69, 9.17) is 14.2 Å². The van der Waals surface area contributed by atoms with Gasteiger partial charge >= 0.3 is 0 Å². The van der Waals surface area contributed by atoms with E-state index >= 15 is 0 Å². The topological polar surface area (TPSA) is 67.4 Å². The van der Waals surface area contributed by atoms with Gasteiger partial charge in [-0.3, -0.25) is 9.89 Å². The van der Waals surface area contributed by atoms with Crippen LogP contribution in [-0.4, -0.2) is 71.0 Å². The van der Waals surface area contributed by atoms with E-state index in [-0.39, 0.29) is 0 Å². The third kappa shape index (κ3) is 8.03. The van der Waals surface area contributed by atoms with E-state index in [1.54, 1.807) is 14.2 Å². The van der Waals surface area contributed by atoms with Crippen LogP contribution in [0.2, 0.25) is 0 Å². The van der Waals surface area contributed by atoms with Gasteiger partial charge in [0.1, 0.15) is 0 Å². The number of fused-ring (bicyclic) bond motifs is 1. The van der Waals surface area contributed by atoms with Crippen LogP contribution in [0.3, 0.4) is 0 Å². The Morgan fingerprint density at radius 1 is 1.13 bits per heavy atom. The molecule has 0 radical (unpaired) electrons. The molecule has 1 aromatic carbocycles. The van der Waals surface area contributed by atoms with Crippen LogP contribution < -0.4 is 20.1 Å². The maximum absolute atomic E-state index is 5.62. The van der Waals surface area contributed by atoms with Crippen molar-refractivity contribution in [3.05, 3.63) is 23.3 Å². The van der Waals surface area contributed by atoms with Crippen molar-refractivity contribution in [2.75, 3.05) is 60.2 Å². The lowest BCUT2D eigenvalue weighted by atomic mass is 9.99. The van der Waals surface area contributed by atoms with Gasteiger partial charge in [0.15, 0.2) is 17.5 Å². The predicted octanol–water partition coefficient (Wildman–Crippen LogP) is 2.68. The van der Waals surface area contributed by atoms with Crippen LogP contribution >= 0.6 is 0 Å². The van der Waals surface area contributed by atoms with Gasteiger partial charge in [-0.15, -0.1) is 0 Å². The smallest absolute Gasteiger partial charge is 0.191 e. The van der Waals surface area contributed by atoms with Crippen molar-refractivity contribution in [2.45, 2.75) is 40.2 Å². The van der Waals surface area contributed by atoms with Crippen LogP contribution in [0.4, 0.5) is 0 Å². The van der Waals surface area contributed by atoms with Crippen LogP contribution in [0.15, 0.2) is 17.1 Å². The first-order valence-electron chi connectivity index (χ1n) is 11.1. The first-order chi connectivity index (χ1) is 14.6. The molecule has 0 aromatic heterocycles. The molecule has 0 atom stereocenters. The highest BCUT2D eigenvalue weighted by molar-refractivity contribution is 5.79. The highest BCUT2D eigenvalue weighted by Crippen LogP contribution is 2.33. The van der Waals surface area contributed by atoms with Gasteiger partial charge in [0.2, 0.25) is 0 Å². The highest BCUT2D eigenvalue weighted by atomic mass is 16.5. The Morgan fingerprint density at radius 2 is 1.87 bits per heavy atom. The largest absolute Gasteiger partial charge is 0.493 e. The molecule has 0 saturated heterocycles. The molecule has 0 aliphatic carbocycles. The minimum absolute atomic E-state index is 0.581. The SMILES string of the molecule is CCNC(=NCCCOCC(C)C)NCCN1CCc2cc(OC)c(OC)cc2C1. The van der Waals surface area contributed by atoms with Crippen molar-refractivity contribution in [1.29, 1.82) is 0 Å². The van der Waals surface area contributed by atoms with E-state index in [9.17, 15) is 0 Å². The summed E-state index contributed by atoms with van der Waals surface area (Å²) in [5, 5.41) is 6.78. The molecular formula is C23H40N4O3. The number of hydrogen-bond acceptors (Lipinski definition) is 5. The van der Waals surface area contributed by atoms with Gasteiger partial charge in [-0.2, -0.15) is 0 Å². The molecule has 0 amide bonds. The normalized spacial score (nSPS) is 14.5. The number of hydrogen-bond donors (Lipinski definition) is 2. The number of benzene rings is 1. The van der Waals surface area contributed by atoms with Crippen LogP contribution in [0.1, 0.15) is 38.3 Å². The van der Waals surface area contributed by atoms with Crippen molar-refractivity contribution < 1.29 is 14.2 Å². The second-order valence-electron chi connectivity index (χ2n) is 8.01. The standard InChI is InChI=1S/C23H40N4O3/c1-6-24-23(25-9-7-13-30-17-18(2)3)26-10-12-27-11-8-19-14-21(28-4)22(29-5)15-20(19)16-27/h14-15,18H,6-13,16-17H2,1-5H3,(H2,24,25,26). The molecule has 7 heteroatoms. The molecule has 1 aliphatic heterocycles. The van der Waals surface area contributed by atoms with Crippen molar-refractivity contribution >= 4 is 5.96 Å². The molecule has 0 unspecified atom stereocenters. The molecule has 0 spiro atoms. The zero-order valence-corrected chi connectivity index (χ0v) is 19.4. The third-order valence-electron chi connectivity index (χ3n) is 5.03. The van der Waals surface area contributed by atoms with E-state index in [0.29, 0.717) is 5.92 Å². The predicted molar refractivity (Wildman–Crippen MR) is 123 cm³/mol. The fraction of sp³-hybridized carbons (Fsp3) is 0.696. The summed E-state index contributed by atoms with van der Waals surface area (Å²) in [5.74, 6) is 3.07. The summed E-state index contributed by atoms with van der Waals surface area (Å²) in [7, 11) is 3.38. The number of ether oxygens (including phenoxy) is 3. The van der Waals surface area contributed by atoms with Crippen molar-refractivity contribution in [1.82, 2.24) is 15.5 Å². The number of aliphatic imine (C=N–C) groups is 1. The second kappa shape index (κ2) is 13.3. The number of methoxy groups -OCH3 is 2. The average molecular weight is 421 g/mol. The van der Waals surface area contributed by atoms with Gasteiger partial charge in [0, 0.05) is 52.5 Å². The molecule has 2 N–H and O–H groups in total. The Kier molecular flexibility index (Phi) is 10.8. The van der Waals surface area contributed by atoms with Crippen LogP contribution in [0, 0.1) is 5.92 Å². The third-order valence-corrected chi connectivity index (χ3v) is 5.03. The van der Waals surface area contributed by atoms with Gasteiger partial charge in [0.25, 0.3) is 0 Å². The molecule has 0 fully saturated rings. The van der Waals surface area contributed by atoms with Gasteiger partial charge < -0.3 is 24.8 Å². The summed E-state index contributed by atoms with van der Waals surface area (Å²) in [6, 6.07) is 4.23. The molecule has 170 valence electrons. The van der Waals surface area contributed by atoms with Crippen LogP contribution in [0.5, 0.6) is 11.5 Å². The molecule has 7 nitrogen and oxygen atoms in total. The molecule has 30 heavy (non-hydrogen) atoms. The van der Waals surface area contributed by atoms with E-state index < -0.39 is 0 Å². The molecule has 0 saturated carbocycles.